The highest BCUT2D eigenvalue weighted by atomic mass is 19.1. The quantitative estimate of drug-likeness (QED) is 0.626. The van der Waals surface area contributed by atoms with Crippen LogP contribution in [0.15, 0.2) is 72.8 Å². The van der Waals surface area contributed by atoms with Crippen molar-refractivity contribution in [3.8, 4) is 11.1 Å². The van der Waals surface area contributed by atoms with Crippen LogP contribution in [0.1, 0.15) is 27.6 Å². The third-order valence-electron chi connectivity index (χ3n) is 4.10. The third-order valence-corrected chi connectivity index (χ3v) is 4.10. The molecule has 5 nitrogen and oxygen atoms in total. The number of halogens is 1. The van der Waals surface area contributed by atoms with Crippen LogP contribution in [-0.4, -0.2) is 23.6 Å². The molecule has 0 unspecified atom stereocenters. The minimum Gasteiger partial charge on any atom is -0.478 e. The molecule has 28 heavy (non-hydrogen) atoms. The summed E-state index contributed by atoms with van der Waals surface area (Å²) in [6.45, 7) is 1.75. The van der Waals surface area contributed by atoms with Gasteiger partial charge in [-0.3, -0.25) is 9.63 Å². The Balaban J connectivity index is 2.01. The average Bonchev–Trinajstić information content (AvgIpc) is 2.72. The number of hydrogen-bond acceptors (Lipinski definition) is 3. The topological polar surface area (TPSA) is 66.8 Å². The molecule has 0 saturated carbocycles. The number of carbonyl (C=O) groups excluding carboxylic acids is 1. The van der Waals surface area contributed by atoms with Crippen LogP contribution in [0.3, 0.4) is 0 Å². The Morgan fingerprint density at radius 3 is 2.18 bits per heavy atom. The van der Waals surface area contributed by atoms with E-state index in [-0.39, 0.29) is 23.4 Å². The fourth-order valence-corrected chi connectivity index (χ4v) is 2.81. The molecule has 0 aromatic heterocycles. The predicted octanol–water partition coefficient (Wildman–Crippen LogP) is 4.79. The van der Waals surface area contributed by atoms with Crippen LogP contribution >= 0.6 is 0 Å². The molecule has 1 N–H and O–H groups in total. The molecule has 0 aliphatic rings. The van der Waals surface area contributed by atoms with E-state index in [4.69, 9.17) is 4.84 Å². The van der Waals surface area contributed by atoms with Crippen molar-refractivity contribution in [2.24, 2.45) is 0 Å². The van der Waals surface area contributed by atoms with E-state index >= 15 is 0 Å². The number of benzene rings is 3. The van der Waals surface area contributed by atoms with Crippen molar-refractivity contribution >= 4 is 17.6 Å². The summed E-state index contributed by atoms with van der Waals surface area (Å²) in [5.41, 5.74) is 1.12. The van der Waals surface area contributed by atoms with Gasteiger partial charge in [-0.25, -0.2) is 9.18 Å². The zero-order chi connectivity index (χ0) is 20.1. The first-order chi connectivity index (χ1) is 13.5. The number of hydrogen-bond donors (Lipinski definition) is 1. The highest BCUT2D eigenvalue weighted by molar-refractivity contribution is 6.11. The van der Waals surface area contributed by atoms with E-state index in [1.807, 2.05) is 30.3 Å². The maximum Gasteiger partial charge on any atom is 0.336 e. The Labute approximate surface area is 161 Å². The van der Waals surface area contributed by atoms with E-state index in [1.54, 1.807) is 19.1 Å². The SMILES string of the molecule is CCON(C(=O)c1ccccc1C(=O)O)c1ccc(-c2ccccc2)cc1F. The van der Waals surface area contributed by atoms with Crippen molar-refractivity contribution in [3.63, 3.8) is 0 Å². The standard InChI is InChI=1S/C22H18FNO4/c1-2-28-24(21(25)17-10-6-7-11-18(17)22(26)27)20-13-12-16(14-19(20)23)15-8-4-3-5-9-15/h3-14H,2H2,1H3,(H,26,27). The first-order valence-corrected chi connectivity index (χ1v) is 8.67. The predicted molar refractivity (Wildman–Crippen MR) is 104 cm³/mol. The lowest BCUT2D eigenvalue weighted by Gasteiger charge is -2.22. The molecule has 0 radical (unpaired) electrons. The van der Waals surface area contributed by atoms with Crippen LogP contribution < -0.4 is 5.06 Å². The molecule has 3 aromatic carbocycles. The number of carboxylic acids is 1. The number of rotatable bonds is 6. The summed E-state index contributed by atoms with van der Waals surface area (Å²) in [6.07, 6.45) is 0. The van der Waals surface area contributed by atoms with E-state index in [9.17, 15) is 19.1 Å². The molecule has 0 saturated heterocycles. The molecule has 0 bridgehead atoms. The van der Waals surface area contributed by atoms with Gasteiger partial charge in [0.15, 0.2) is 0 Å². The summed E-state index contributed by atoms with van der Waals surface area (Å²) in [7, 11) is 0. The number of anilines is 1. The number of aromatic carboxylic acids is 1. The van der Waals surface area contributed by atoms with Gasteiger partial charge < -0.3 is 5.11 Å². The Kier molecular flexibility index (Phi) is 5.81. The van der Waals surface area contributed by atoms with Gasteiger partial charge in [0.25, 0.3) is 5.91 Å². The molecule has 0 atom stereocenters. The van der Waals surface area contributed by atoms with Crippen molar-refractivity contribution < 1.29 is 23.9 Å². The minimum absolute atomic E-state index is 0.0880. The molecule has 3 rings (SSSR count). The smallest absolute Gasteiger partial charge is 0.336 e. The van der Waals surface area contributed by atoms with Crippen molar-refractivity contribution in [2.75, 3.05) is 11.7 Å². The van der Waals surface area contributed by atoms with E-state index < -0.39 is 17.7 Å². The van der Waals surface area contributed by atoms with E-state index in [0.29, 0.717) is 5.56 Å². The van der Waals surface area contributed by atoms with Gasteiger partial charge in [-0.15, -0.1) is 0 Å². The Hall–Kier alpha value is -3.51. The highest BCUT2D eigenvalue weighted by Gasteiger charge is 2.25. The van der Waals surface area contributed by atoms with Crippen LogP contribution in [0.2, 0.25) is 0 Å². The van der Waals surface area contributed by atoms with Gasteiger partial charge in [-0.1, -0.05) is 48.5 Å². The van der Waals surface area contributed by atoms with Crippen LogP contribution in [0, 0.1) is 5.82 Å². The van der Waals surface area contributed by atoms with Gasteiger partial charge in [-0.05, 0) is 42.3 Å². The summed E-state index contributed by atoms with van der Waals surface area (Å²) in [6, 6.07) is 19.4. The zero-order valence-corrected chi connectivity index (χ0v) is 15.1. The summed E-state index contributed by atoms with van der Waals surface area (Å²) in [5, 5.41) is 10.1. The second-order valence-electron chi connectivity index (χ2n) is 5.90. The molecule has 0 fully saturated rings. The number of hydroxylamine groups is 1. The summed E-state index contributed by atoms with van der Waals surface area (Å²) < 4.78 is 14.9. The fraction of sp³-hybridized carbons (Fsp3) is 0.0909. The van der Waals surface area contributed by atoms with Gasteiger partial charge in [0, 0.05) is 0 Å². The number of carboxylic acid groups (broad SMARTS) is 1. The van der Waals surface area contributed by atoms with Crippen molar-refractivity contribution in [1.82, 2.24) is 0 Å². The Bertz CT molecular complexity index is 1000. The first kappa shape index (κ1) is 19.3. The van der Waals surface area contributed by atoms with Gasteiger partial charge in [0.2, 0.25) is 0 Å². The normalized spacial score (nSPS) is 10.5. The lowest BCUT2D eigenvalue weighted by Crippen LogP contribution is -2.33. The molecule has 6 heteroatoms. The molecular formula is C22H18FNO4. The van der Waals surface area contributed by atoms with Crippen molar-refractivity contribution in [3.05, 3.63) is 89.7 Å². The summed E-state index contributed by atoms with van der Waals surface area (Å²) in [4.78, 5) is 29.7. The number of carbonyl (C=O) groups is 2. The van der Waals surface area contributed by atoms with Crippen molar-refractivity contribution in [2.45, 2.75) is 6.92 Å². The third kappa shape index (κ3) is 3.92. The van der Waals surface area contributed by atoms with E-state index in [2.05, 4.69) is 0 Å². The molecule has 0 heterocycles. The largest absolute Gasteiger partial charge is 0.478 e. The summed E-state index contributed by atoms with van der Waals surface area (Å²) in [5.74, 6) is -2.66. The molecule has 1 amide bonds. The molecular weight excluding hydrogens is 361 g/mol. The zero-order valence-electron chi connectivity index (χ0n) is 15.1. The molecule has 0 spiro atoms. The van der Waals surface area contributed by atoms with Crippen LogP contribution in [0.25, 0.3) is 11.1 Å². The first-order valence-electron chi connectivity index (χ1n) is 8.67. The van der Waals surface area contributed by atoms with Gasteiger partial charge in [0.05, 0.1) is 17.7 Å². The number of nitrogens with zero attached hydrogens (tertiary/aromatic N) is 1. The summed E-state index contributed by atoms with van der Waals surface area (Å²) >= 11 is 0. The second-order valence-corrected chi connectivity index (χ2v) is 5.90. The molecule has 3 aromatic rings. The number of amides is 1. The van der Waals surface area contributed by atoms with Crippen LogP contribution in [0.4, 0.5) is 10.1 Å². The van der Waals surface area contributed by atoms with E-state index in [0.717, 1.165) is 10.6 Å². The molecule has 0 aliphatic carbocycles. The Morgan fingerprint density at radius 1 is 0.929 bits per heavy atom. The molecule has 142 valence electrons. The maximum absolute atomic E-state index is 14.9. The van der Waals surface area contributed by atoms with Gasteiger partial charge in [0.1, 0.15) is 11.5 Å². The van der Waals surface area contributed by atoms with Crippen molar-refractivity contribution in [1.29, 1.82) is 0 Å². The Morgan fingerprint density at radius 2 is 1.57 bits per heavy atom. The van der Waals surface area contributed by atoms with E-state index in [1.165, 1.54) is 30.3 Å². The monoisotopic (exact) mass is 379 g/mol. The fourth-order valence-electron chi connectivity index (χ4n) is 2.81. The highest BCUT2D eigenvalue weighted by Crippen LogP contribution is 2.28. The average molecular weight is 379 g/mol. The van der Waals surface area contributed by atoms with Gasteiger partial charge in [-0.2, -0.15) is 5.06 Å². The molecule has 0 aliphatic heterocycles. The minimum atomic E-state index is -1.25. The van der Waals surface area contributed by atoms with Gasteiger partial charge >= 0.3 is 5.97 Å². The van der Waals surface area contributed by atoms with Crippen LogP contribution in [-0.2, 0) is 4.84 Å². The maximum atomic E-state index is 14.9. The lowest BCUT2D eigenvalue weighted by atomic mass is 10.0. The second kappa shape index (κ2) is 8.45. The van der Waals surface area contributed by atoms with Crippen LogP contribution in [0.5, 0.6) is 0 Å². The lowest BCUT2D eigenvalue weighted by molar-refractivity contribution is 0.0647.